The number of nitrogens with one attached hydrogen (secondary N) is 1. The Kier molecular flexibility index (Phi) is 4.74. The second-order valence-corrected chi connectivity index (χ2v) is 5.70. The van der Waals surface area contributed by atoms with E-state index in [1.54, 1.807) is 11.3 Å². The van der Waals surface area contributed by atoms with Crippen molar-refractivity contribution in [2.24, 2.45) is 0 Å². The smallest absolute Gasteiger partial charge is 0.225 e. The number of aliphatic hydroxyl groups is 1. The van der Waals surface area contributed by atoms with E-state index >= 15 is 0 Å². The van der Waals surface area contributed by atoms with Crippen LogP contribution in [0.2, 0.25) is 5.28 Å². The van der Waals surface area contributed by atoms with E-state index in [0.29, 0.717) is 0 Å². The van der Waals surface area contributed by atoms with Crippen molar-refractivity contribution in [1.82, 2.24) is 9.97 Å². The maximum absolute atomic E-state index is 8.71. The number of fused-ring (bicyclic) bond motifs is 1. The lowest BCUT2D eigenvalue weighted by molar-refractivity contribution is 0.283. The molecule has 4 nitrogen and oxygen atoms in total. The first-order valence-electron chi connectivity index (χ1n) is 5.99. The molecule has 0 fully saturated rings. The van der Waals surface area contributed by atoms with E-state index in [9.17, 15) is 0 Å². The molecular weight excluding hydrogens is 270 g/mol. The summed E-state index contributed by atoms with van der Waals surface area (Å²) in [7, 11) is 0. The summed E-state index contributed by atoms with van der Waals surface area (Å²) >= 11 is 7.53. The highest BCUT2D eigenvalue weighted by Crippen LogP contribution is 2.29. The van der Waals surface area contributed by atoms with Crippen molar-refractivity contribution in [3.63, 3.8) is 0 Å². The minimum atomic E-state index is 0.257. The van der Waals surface area contributed by atoms with Crippen LogP contribution in [0.1, 0.15) is 24.1 Å². The van der Waals surface area contributed by atoms with Crippen LogP contribution < -0.4 is 5.32 Å². The van der Waals surface area contributed by atoms with Crippen LogP contribution in [0.25, 0.3) is 10.2 Å². The Hall–Kier alpha value is -0.910. The van der Waals surface area contributed by atoms with E-state index < -0.39 is 0 Å². The third kappa shape index (κ3) is 3.31. The Bertz CT molecular complexity index is 529. The monoisotopic (exact) mass is 285 g/mol. The van der Waals surface area contributed by atoms with E-state index in [0.717, 1.165) is 41.8 Å². The quantitative estimate of drug-likeness (QED) is 0.632. The van der Waals surface area contributed by atoms with Gasteiger partial charge in [-0.3, -0.25) is 0 Å². The van der Waals surface area contributed by atoms with Gasteiger partial charge in [-0.2, -0.15) is 0 Å². The number of thiophene rings is 1. The minimum Gasteiger partial charge on any atom is -0.396 e. The Morgan fingerprint density at radius 1 is 1.33 bits per heavy atom. The molecule has 2 aromatic heterocycles. The van der Waals surface area contributed by atoms with E-state index in [1.165, 1.54) is 4.88 Å². The molecule has 18 heavy (non-hydrogen) atoms. The minimum absolute atomic E-state index is 0.257. The molecule has 2 N–H and O–H groups in total. The van der Waals surface area contributed by atoms with Gasteiger partial charge in [-0.1, -0.05) is 0 Å². The lowest BCUT2D eigenvalue weighted by Gasteiger charge is -2.06. The molecule has 0 saturated heterocycles. The molecule has 0 bridgehead atoms. The summed E-state index contributed by atoms with van der Waals surface area (Å²) in [6, 6.07) is 2.08. The van der Waals surface area contributed by atoms with Crippen LogP contribution >= 0.6 is 22.9 Å². The molecule has 0 aliphatic rings. The molecule has 2 rings (SSSR count). The lowest BCUT2D eigenvalue weighted by Crippen LogP contribution is -2.04. The van der Waals surface area contributed by atoms with Crippen molar-refractivity contribution in [3.05, 3.63) is 16.2 Å². The highest BCUT2D eigenvalue weighted by molar-refractivity contribution is 7.18. The number of hydrogen-bond acceptors (Lipinski definition) is 5. The first-order chi connectivity index (χ1) is 8.70. The second-order valence-electron chi connectivity index (χ2n) is 4.13. The fourth-order valence-electron chi connectivity index (χ4n) is 1.77. The molecule has 0 radical (unpaired) electrons. The summed E-state index contributed by atoms with van der Waals surface area (Å²) in [5, 5.41) is 13.3. The zero-order valence-electron chi connectivity index (χ0n) is 10.2. The molecule has 98 valence electrons. The zero-order chi connectivity index (χ0) is 13.0. The number of aliphatic hydroxyl groups excluding tert-OH is 1. The normalized spacial score (nSPS) is 11.1. The SMILES string of the molecule is Cc1cc2c(NCCCCCO)nc(Cl)nc2s1. The first-order valence-corrected chi connectivity index (χ1v) is 7.18. The summed E-state index contributed by atoms with van der Waals surface area (Å²) in [6.45, 7) is 3.13. The van der Waals surface area contributed by atoms with E-state index in [2.05, 4.69) is 21.4 Å². The molecule has 0 spiro atoms. The molecule has 0 saturated carbocycles. The van der Waals surface area contributed by atoms with Crippen molar-refractivity contribution in [2.75, 3.05) is 18.5 Å². The van der Waals surface area contributed by atoms with Crippen molar-refractivity contribution >= 4 is 39.0 Å². The molecule has 0 unspecified atom stereocenters. The molecular formula is C12H16ClN3OS. The number of aromatic nitrogens is 2. The van der Waals surface area contributed by atoms with Crippen molar-refractivity contribution in [1.29, 1.82) is 0 Å². The van der Waals surface area contributed by atoms with Crippen LogP contribution in [0, 0.1) is 6.92 Å². The number of hydrogen-bond donors (Lipinski definition) is 2. The number of unbranched alkanes of at least 4 members (excludes halogenated alkanes) is 2. The highest BCUT2D eigenvalue weighted by atomic mass is 35.5. The van der Waals surface area contributed by atoms with E-state index in [1.807, 2.05) is 6.92 Å². The van der Waals surface area contributed by atoms with Crippen molar-refractivity contribution < 1.29 is 5.11 Å². The summed E-state index contributed by atoms with van der Waals surface area (Å²) in [5.74, 6) is 0.804. The Balaban J connectivity index is 2.07. The van der Waals surface area contributed by atoms with Gasteiger partial charge in [-0.15, -0.1) is 11.3 Å². The van der Waals surface area contributed by atoms with Crippen LogP contribution in [-0.4, -0.2) is 28.2 Å². The van der Waals surface area contributed by atoms with Gasteiger partial charge in [-0.25, -0.2) is 9.97 Å². The van der Waals surface area contributed by atoms with E-state index in [-0.39, 0.29) is 11.9 Å². The maximum atomic E-state index is 8.71. The molecule has 2 heterocycles. The number of halogens is 1. The van der Waals surface area contributed by atoms with Crippen LogP contribution in [0.5, 0.6) is 0 Å². The largest absolute Gasteiger partial charge is 0.396 e. The predicted molar refractivity (Wildman–Crippen MR) is 76.6 cm³/mol. The van der Waals surface area contributed by atoms with Crippen LogP contribution in [0.3, 0.4) is 0 Å². The maximum Gasteiger partial charge on any atom is 0.225 e. The number of nitrogens with zero attached hydrogens (tertiary/aromatic N) is 2. The molecule has 2 aromatic rings. The number of rotatable bonds is 6. The topological polar surface area (TPSA) is 58.0 Å². The van der Waals surface area contributed by atoms with Crippen LogP contribution in [0.15, 0.2) is 6.07 Å². The molecule has 6 heteroatoms. The molecule has 0 aliphatic heterocycles. The highest BCUT2D eigenvalue weighted by Gasteiger charge is 2.08. The number of aryl methyl sites for hydroxylation is 1. The van der Waals surface area contributed by atoms with Gasteiger partial charge < -0.3 is 10.4 Å². The summed E-state index contributed by atoms with van der Waals surface area (Å²) in [5.41, 5.74) is 0. The fraction of sp³-hybridized carbons (Fsp3) is 0.500. The standard InChI is InChI=1S/C12H16ClN3OS/c1-8-7-9-10(14-5-3-2-4-6-17)15-12(13)16-11(9)18-8/h7,17H,2-6H2,1H3,(H,14,15,16). The van der Waals surface area contributed by atoms with Crippen molar-refractivity contribution in [3.8, 4) is 0 Å². The zero-order valence-corrected chi connectivity index (χ0v) is 11.8. The Labute approximate surface area is 115 Å². The van der Waals surface area contributed by atoms with E-state index in [4.69, 9.17) is 16.7 Å². The first kappa shape index (κ1) is 13.5. The average Bonchev–Trinajstić information content (AvgIpc) is 2.69. The van der Waals surface area contributed by atoms with Gasteiger partial charge in [0.15, 0.2) is 0 Å². The fourth-order valence-corrected chi connectivity index (χ4v) is 2.87. The van der Waals surface area contributed by atoms with Crippen molar-refractivity contribution in [2.45, 2.75) is 26.2 Å². The Morgan fingerprint density at radius 3 is 2.94 bits per heavy atom. The predicted octanol–water partition coefficient (Wildman–Crippen LogP) is 3.23. The van der Waals surface area contributed by atoms with Gasteiger partial charge in [0.2, 0.25) is 5.28 Å². The summed E-state index contributed by atoms with van der Waals surface area (Å²) in [6.07, 6.45) is 2.86. The third-order valence-electron chi connectivity index (χ3n) is 2.62. The molecule has 0 amide bonds. The average molecular weight is 286 g/mol. The number of anilines is 1. The van der Waals surface area contributed by atoms with Gasteiger partial charge in [0, 0.05) is 18.0 Å². The molecule has 0 aliphatic carbocycles. The van der Waals surface area contributed by atoms with Crippen LogP contribution in [0.4, 0.5) is 5.82 Å². The van der Waals surface area contributed by atoms with Gasteiger partial charge in [-0.05, 0) is 43.9 Å². The lowest BCUT2D eigenvalue weighted by atomic mass is 10.2. The van der Waals surface area contributed by atoms with Gasteiger partial charge in [0.05, 0.1) is 5.39 Å². The van der Waals surface area contributed by atoms with Gasteiger partial charge >= 0.3 is 0 Å². The summed E-state index contributed by atoms with van der Waals surface area (Å²) < 4.78 is 0. The molecule has 0 atom stereocenters. The Morgan fingerprint density at radius 2 is 2.17 bits per heavy atom. The second kappa shape index (κ2) is 6.31. The van der Waals surface area contributed by atoms with Crippen LogP contribution in [-0.2, 0) is 0 Å². The third-order valence-corrected chi connectivity index (χ3v) is 3.73. The van der Waals surface area contributed by atoms with Gasteiger partial charge in [0.25, 0.3) is 0 Å². The molecule has 0 aromatic carbocycles. The summed E-state index contributed by atoms with van der Waals surface area (Å²) in [4.78, 5) is 10.6. The van der Waals surface area contributed by atoms with Gasteiger partial charge in [0.1, 0.15) is 10.6 Å².